The van der Waals surface area contributed by atoms with Crippen molar-refractivity contribution in [3.05, 3.63) is 18.3 Å². The summed E-state index contributed by atoms with van der Waals surface area (Å²) < 4.78 is 25.1. The molecule has 0 N–H and O–H groups in total. The van der Waals surface area contributed by atoms with Crippen molar-refractivity contribution in [2.45, 2.75) is 58.5 Å². The van der Waals surface area contributed by atoms with E-state index < -0.39 is 0 Å². The molecule has 11 heteroatoms. The minimum atomic E-state index is -0.171. The molecule has 30 heavy (non-hydrogen) atoms. The van der Waals surface area contributed by atoms with Crippen molar-refractivity contribution >= 4 is 37.1 Å². The maximum absolute atomic E-state index is 11.2. The molecule has 4 atom stereocenters. The van der Waals surface area contributed by atoms with Gasteiger partial charge in [-0.05, 0) is 13.3 Å². The number of carbonyl (C=O) groups is 1. The van der Waals surface area contributed by atoms with Gasteiger partial charge in [0.25, 0.3) is 0 Å². The third kappa shape index (κ3) is 6.18. The third-order valence-electron chi connectivity index (χ3n) is 4.80. The molecule has 1 saturated heterocycles. The number of aryl methyl sites for hydroxylation is 1. The average Bonchev–Trinajstić information content (AvgIpc) is 3.36. The van der Waals surface area contributed by atoms with E-state index >= 15 is 0 Å². The first-order valence-electron chi connectivity index (χ1n) is 10.2. The molecule has 0 aromatic carbocycles. The normalized spacial score (nSPS) is 21.9. The summed E-state index contributed by atoms with van der Waals surface area (Å²) in [4.78, 5) is 24.2. The van der Waals surface area contributed by atoms with Crippen molar-refractivity contribution in [1.82, 2.24) is 19.5 Å². The van der Waals surface area contributed by atoms with Crippen LogP contribution in [-0.2, 0) is 23.3 Å². The zero-order valence-electron chi connectivity index (χ0n) is 17.6. The molecule has 2 aromatic rings. The highest BCUT2D eigenvalue weighted by molar-refractivity contribution is 8.13. The fraction of sp³-hybridized carbons (Fsp3) is 0.684. The molecule has 3 rings (SSSR count). The van der Waals surface area contributed by atoms with Crippen molar-refractivity contribution in [2.75, 3.05) is 25.6 Å². The number of ether oxygens (including phenoxy) is 2. The summed E-state index contributed by atoms with van der Waals surface area (Å²) in [6.45, 7) is 7.35. The van der Waals surface area contributed by atoms with E-state index in [1.54, 1.807) is 12.7 Å². The Bertz CT molecular complexity index is 823. The van der Waals surface area contributed by atoms with Crippen LogP contribution >= 0.6 is 20.8 Å². The molecule has 0 radical (unpaired) electrons. The summed E-state index contributed by atoms with van der Waals surface area (Å²) in [6.07, 6.45) is 5.21. The third-order valence-corrected chi connectivity index (χ3v) is 6.50. The van der Waals surface area contributed by atoms with Gasteiger partial charge in [0.1, 0.15) is 18.1 Å². The lowest BCUT2D eigenvalue weighted by Crippen LogP contribution is -2.21. The summed E-state index contributed by atoms with van der Waals surface area (Å²) in [7, 11) is -0.0723. The summed E-state index contributed by atoms with van der Waals surface area (Å²) in [5.74, 6) is 0.678. The lowest BCUT2D eigenvalue weighted by Gasteiger charge is -2.16. The van der Waals surface area contributed by atoms with Gasteiger partial charge in [0, 0.05) is 18.6 Å². The SMILES string of the molecule is CCC(=O)SCCOCCOPOC1CC(n2cnc3c(C)ncnc32)OC1CC. The second kappa shape index (κ2) is 12.0. The summed E-state index contributed by atoms with van der Waals surface area (Å²) >= 11 is 1.31. The van der Waals surface area contributed by atoms with Crippen molar-refractivity contribution in [1.29, 1.82) is 0 Å². The van der Waals surface area contributed by atoms with Crippen LogP contribution in [0.3, 0.4) is 0 Å². The first-order valence-corrected chi connectivity index (χ1v) is 12.0. The van der Waals surface area contributed by atoms with Gasteiger partial charge in [-0.15, -0.1) is 0 Å². The van der Waals surface area contributed by atoms with Crippen LogP contribution < -0.4 is 0 Å². The maximum atomic E-state index is 11.2. The fourth-order valence-electron chi connectivity index (χ4n) is 3.19. The monoisotopic (exact) mass is 456 g/mol. The Morgan fingerprint density at radius 3 is 2.97 bits per heavy atom. The van der Waals surface area contributed by atoms with Gasteiger partial charge < -0.3 is 18.5 Å². The molecular weight excluding hydrogens is 427 g/mol. The number of aromatic nitrogens is 4. The lowest BCUT2D eigenvalue weighted by molar-refractivity contribution is -0.110. The second-order valence-corrected chi connectivity index (χ2v) is 8.67. The van der Waals surface area contributed by atoms with Crippen LogP contribution in [0.15, 0.2) is 12.7 Å². The molecule has 4 unspecified atom stereocenters. The van der Waals surface area contributed by atoms with Crippen LogP contribution in [0.2, 0.25) is 0 Å². The minimum Gasteiger partial charge on any atom is -0.378 e. The predicted molar refractivity (Wildman–Crippen MR) is 117 cm³/mol. The zero-order valence-corrected chi connectivity index (χ0v) is 19.4. The van der Waals surface area contributed by atoms with Gasteiger partial charge in [0.15, 0.2) is 19.8 Å². The second-order valence-electron chi connectivity index (χ2n) is 6.83. The number of hydrogen-bond donors (Lipinski definition) is 0. The molecule has 0 saturated carbocycles. The largest absolute Gasteiger partial charge is 0.378 e. The number of thioether (sulfide) groups is 1. The van der Waals surface area contributed by atoms with E-state index in [2.05, 4.69) is 21.9 Å². The van der Waals surface area contributed by atoms with E-state index in [-0.39, 0.29) is 32.6 Å². The molecule has 0 aliphatic carbocycles. The molecule has 1 fully saturated rings. The quantitative estimate of drug-likeness (QED) is 0.351. The topological polar surface area (TPSA) is 97.6 Å². The van der Waals surface area contributed by atoms with E-state index in [9.17, 15) is 4.79 Å². The van der Waals surface area contributed by atoms with Crippen LogP contribution in [0, 0.1) is 6.92 Å². The predicted octanol–water partition coefficient (Wildman–Crippen LogP) is 3.43. The van der Waals surface area contributed by atoms with Crippen LogP contribution in [-0.4, -0.2) is 62.4 Å². The van der Waals surface area contributed by atoms with Gasteiger partial charge in [0.05, 0.1) is 44.0 Å². The first kappa shape index (κ1) is 23.5. The highest BCUT2D eigenvalue weighted by atomic mass is 32.2. The molecule has 1 aliphatic rings. The van der Waals surface area contributed by atoms with Gasteiger partial charge in [-0.2, -0.15) is 0 Å². The van der Waals surface area contributed by atoms with Crippen LogP contribution in [0.4, 0.5) is 0 Å². The van der Waals surface area contributed by atoms with E-state index in [0.717, 1.165) is 23.3 Å². The average molecular weight is 457 g/mol. The molecule has 0 spiro atoms. The van der Waals surface area contributed by atoms with E-state index in [1.165, 1.54) is 11.8 Å². The number of hydrogen-bond acceptors (Lipinski definition) is 9. The summed E-state index contributed by atoms with van der Waals surface area (Å²) in [5.41, 5.74) is 2.42. The molecule has 1 aliphatic heterocycles. The number of rotatable bonds is 12. The Kier molecular flexibility index (Phi) is 9.42. The lowest BCUT2D eigenvalue weighted by atomic mass is 10.1. The highest BCUT2D eigenvalue weighted by Gasteiger charge is 2.37. The van der Waals surface area contributed by atoms with E-state index in [4.69, 9.17) is 18.5 Å². The molecule has 9 nitrogen and oxygen atoms in total. The Morgan fingerprint density at radius 2 is 2.17 bits per heavy atom. The van der Waals surface area contributed by atoms with E-state index in [0.29, 0.717) is 38.4 Å². The molecule has 166 valence electrons. The van der Waals surface area contributed by atoms with Gasteiger partial charge in [-0.3, -0.25) is 9.36 Å². The van der Waals surface area contributed by atoms with Gasteiger partial charge in [-0.25, -0.2) is 15.0 Å². The van der Waals surface area contributed by atoms with Crippen LogP contribution in [0.25, 0.3) is 11.2 Å². The number of fused-ring (bicyclic) bond motifs is 1. The Morgan fingerprint density at radius 1 is 1.30 bits per heavy atom. The zero-order chi connectivity index (χ0) is 21.3. The summed E-state index contributed by atoms with van der Waals surface area (Å²) in [5, 5.41) is 0.193. The molecule has 3 heterocycles. The summed E-state index contributed by atoms with van der Waals surface area (Å²) in [6, 6.07) is 0. The molecule has 0 amide bonds. The van der Waals surface area contributed by atoms with Crippen LogP contribution in [0.1, 0.15) is 45.0 Å². The number of nitrogens with zero attached hydrogens (tertiary/aromatic N) is 4. The van der Waals surface area contributed by atoms with Crippen molar-refractivity contribution in [3.8, 4) is 0 Å². The fourth-order valence-corrected chi connectivity index (χ4v) is 4.43. The minimum absolute atomic E-state index is 0.00383. The molecular formula is C19H29N4O5PS. The molecule has 0 bridgehead atoms. The van der Waals surface area contributed by atoms with Gasteiger partial charge in [0.2, 0.25) is 0 Å². The smallest absolute Gasteiger partial charge is 0.188 e. The maximum Gasteiger partial charge on any atom is 0.188 e. The number of carbonyl (C=O) groups excluding carboxylic acids is 1. The van der Waals surface area contributed by atoms with Crippen LogP contribution in [0.5, 0.6) is 0 Å². The first-order chi connectivity index (χ1) is 14.6. The van der Waals surface area contributed by atoms with Gasteiger partial charge >= 0.3 is 0 Å². The Balaban J connectivity index is 1.38. The van der Waals surface area contributed by atoms with Crippen molar-refractivity contribution in [3.63, 3.8) is 0 Å². The standard InChI is InChI=1S/C19H29N4O5PS/c1-4-14-15(28-29-26-7-6-25-8-9-30-17(24)5-2)10-16(27-14)23-12-22-18-13(3)20-11-21-19(18)23/h11-12,14-16,29H,4-10H2,1-3H3. The van der Waals surface area contributed by atoms with Gasteiger partial charge in [-0.1, -0.05) is 25.6 Å². The Labute approximate surface area is 182 Å². The van der Waals surface area contributed by atoms with E-state index in [1.807, 2.05) is 18.4 Å². The molecule has 2 aromatic heterocycles. The van der Waals surface area contributed by atoms with Crippen molar-refractivity contribution in [2.24, 2.45) is 0 Å². The highest BCUT2D eigenvalue weighted by Crippen LogP contribution is 2.37. The number of imidazole rings is 1. The van der Waals surface area contributed by atoms with Crippen molar-refractivity contribution < 1.29 is 23.3 Å². The Hall–Kier alpha value is -1.16.